The molecule has 2 rings (SSSR count). The molecule has 1 aromatic rings. The van der Waals surface area contributed by atoms with Crippen LogP contribution in [0.2, 0.25) is 0 Å². The Kier molecular flexibility index (Phi) is 1.67. The van der Waals surface area contributed by atoms with Crippen molar-refractivity contribution in [3.05, 3.63) is 35.4 Å². The molecule has 0 unspecified atom stereocenters. The number of halogens is 1. The minimum absolute atomic E-state index is 0.0558. The van der Waals surface area contributed by atoms with Crippen LogP contribution < -0.4 is 5.73 Å². The number of rotatable bonds is 0. The van der Waals surface area contributed by atoms with E-state index in [1.54, 1.807) is 6.07 Å². The van der Waals surface area contributed by atoms with Gasteiger partial charge in [-0.3, -0.25) is 4.79 Å². The molecule has 0 aliphatic heterocycles. The zero-order chi connectivity index (χ0) is 8.72. The Labute approximate surface area is 75.3 Å². The highest BCUT2D eigenvalue weighted by Crippen LogP contribution is 2.32. The third kappa shape index (κ3) is 0.886. The van der Waals surface area contributed by atoms with Gasteiger partial charge in [0.05, 0.1) is 6.04 Å². The summed E-state index contributed by atoms with van der Waals surface area (Å²) in [6, 6.07) is 6.95. The number of nitrogens with two attached hydrogens (primary N) is 1. The lowest BCUT2D eigenvalue weighted by molar-refractivity contribution is 0.0993. The molecule has 1 aromatic carbocycles. The molecule has 0 fully saturated rings. The van der Waals surface area contributed by atoms with E-state index in [2.05, 4.69) is 0 Å². The van der Waals surface area contributed by atoms with Crippen LogP contribution in [0.15, 0.2) is 24.3 Å². The van der Waals surface area contributed by atoms with Crippen LogP contribution in [0, 0.1) is 0 Å². The maximum absolute atomic E-state index is 11.4. The molecule has 12 heavy (non-hydrogen) atoms. The average molecular weight is 182 g/mol. The lowest BCUT2D eigenvalue weighted by atomic mass is 10.1. The van der Waals surface area contributed by atoms with E-state index in [0.29, 0.717) is 5.56 Å². The molecule has 0 spiro atoms. The molecule has 0 heterocycles. The first-order chi connectivity index (χ1) is 5.72. The van der Waals surface area contributed by atoms with Crippen molar-refractivity contribution in [3.8, 4) is 0 Å². The first-order valence-electron chi connectivity index (χ1n) is 3.74. The summed E-state index contributed by atoms with van der Waals surface area (Å²) in [6.45, 7) is 0. The van der Waals surface area contributed by atoms with Gasteiger partial charge in [0.2, 0.25) is 0 Å². The fraction of sp³-hybridized carbons (Fsp3) is 0.222. The molecule has 2 N–H and O–H groups in total. The van der Waals surface area contributed by atoms with Crippen molar-refractivity contribution in [3.63, 3.8) is 0 Å². The molecule has 0 amide bonds. The minimum atomic E-state index is -0.581. The molecule has 0 saturated heterocycles. The van der Waals surface area contributed by atoms with Crippen LogP contribution in [0.1, 0.15) is 22.0 Å². The quantitative estimate of drug-likeness (QED) is 0.617. The van der Waals surface area contributed by atoms with E-state index in [0.717, 1.165) is 5.56 Å². The van der Waals surface area contributed by atoms with Gasteiger partial charge in [0, 0.05) is 5.56 Å². The summed E-state index contributed by atoms with van der Waals surface area (Å²) in [6.07, 6.45) is 0. The van der Waals surface area contributed by atoms with Gasteiger partial charge >= 0.3 is 0 Å². The zero-order valence-electron chi connectivity index (χ0n) is 6.33. The highest BCUT2D eigenvalue weighted by molar-refractivity contribution is 6.36. The summed E-state index contributed by atoms with van der Waals surface area (Å²) >= 11 is 5.80. The Hall–Kier alpha value is -0.860. The van der Waals surface area contributed by atoms with Gasteiger partial charge in [-0.25, -0.2) is 0 Å². The van der Waals surface area contributed by atoms with Crippen molar-refractivity contribution in [2.24, 2.45) is 5.73 Å². The van der Waals surface area contributed by atoms with E-state index in [4.69, 9.17) is 17.3 Å². The van der Waals surface area contributed by atoms with Gasteiger partial charge in [0.1, 0.15) is 5.38 Å². The van der Waals surface area contributed by atoms with Crippen LogP contribution in [-0.4, -0.2) is 11.2 Å². The van der Waals surface area contributed by atoms with Crippen molar-refractivity contribution >= 4 is 17.4 Å². The van der Waals surface area contributed by atoms with Crippen LogP contribution >= 0.6 is 11.6 Å². The number of hydrogen-bond donors (Lipinski definition) is 1. The van der Waals surface area contributed by atoms with E-state index in [9.17, 15) is 4.79 Å². The van der Waals surface area contributed by atoms with Crippen molar-refractivity contribution in [2.75, 3.05) is 0 Å². The van der Waals surface area contributed by atoms with Gasteiger partial charge in [0.25, 0.3) is 0 Å². The van der Waals surface area contributed by atoms with Crippen LogP contribution in [0.3, 0.4) is 0 Å². The summed E-state index contributed by atoms with van der Waals surface area (Å²) in [4.78, 5) is 11.4. The molecule has 3 heteroatoms. The number of hydrogen-bond acceptors (Lipinski definition) is 2. The number of ketones is 1. The third-order valence-electron chi connectivity index (χ3n) is 2.15. The molecule has 2 atom stereocenters. The summed E-state index contributed by atoms with van der Waals surface area (Å²) < 4.78 is 0. The van der Waals surface area contributed by atoms with Gasteiger partial charge in [-0.2, -0.15) is 0 Å². The van der Waals surface area contributed by atoms with Crippen LogP contribution in [0.4, 0.5) is 0 Å². The second-order valence-corrected chi connectivity index (χ2v) is 3.35. The molecule has 0 bridgehead atoms. The summed E-state index contributed by atoms with van der Waals surface area (Å²) in [5.74, 6) is -0.0558. The zero-order valence-corrected chi connectivity index (χ0v) is 7.08. The standard InChI is InChI=1S/C9H8ClNO/c10-7-8(11)5-3-1-2-4-6(5)9(7)12/h1-4,7-8H,11H2/t7-,8+/m1/s1. The smallest absolute Gasteiger partial charge is 0.182 e. The maximum Gasteiger partial charge on any atom is 0.182 e. The molecular weight excluding hydrogens is 174 g/mol. The number of fused-ring (bicyclic) bond motifs is 1. The van der Waals surface area contributed by atoms with Gasteiger partial charge in [-0.15, -0.1) is 11.6 Å². The fourth-order valence-corrected chi connectivity index (χ4v) is 1.73. The number of alkyl halides is 1. The van der Waals surface area contributed by atoms with Gasteiger partial charge < -0.3 is 5.73 Å². The monoisotopic (exact) mass is 181 g/mol. The number of Topliss-reactive ketones (excluding diaryl/α,β-unsaturated/α-hetero) is 1. The van der Waals surface area contributed by atoms with Gasteiger partial charge in [0.15, 0.2) is 5.78 Å². The Balaban J connectivity index is 2.59. The maximum atomic E-state index is 11.4. The highest BCUT2D eigenvalue weighted by Gasteiger charge is 2.35. The van der Waals surface area contributed by atoms with Crippen LogP contribution in [-0.2, 0) is 0 Å². The molecule has 0 saturated carbocycles. The third-order valence-corrected chi connectivity index (χ3v) is 2.62. The molecule has 62 valence electrons. The number of carbonyl (C=O) groups is 1. The number of benzene rings is 1. The molecule has 0 aromatic heterocycles. The average Bonchev–Trinajstić information content (AvgIpc) is 2.33. The van der Waals surface area contributed by atoms with E-state index in [1.807, 2.05) is 18.2 Å². The van der Waals surface area contributed by atoms with E-state index in [-0.39, 0.29) is 11.8 Å². The van der Waals surface area contributed by atoms with E-state index < -0.39 is 5.38 Å². The van der Waals surface area contributed by atoms with Gasteiger partial charge in [-0.1, -0.05) is 24.3 Å². The second-order valence-electron chi connectivity index (χ2n) is 2.88. The molecule has 1 aliphatic carbocycles. The molecular formula is C9H8ClNO. The normalized spacial score (nSPS) is 27.3. The molecule has 1 aliphatic rings. The predicted octanol–water partition coefficient (Wildman–Crippen LogP) is 1.49. The summed E-state index contributed by atoms with van der Waals surface area (Å²) in [5, 5.41) is -0.581. The Morgan fingerprint density at radius 2 is 2.00 bits per heavy atom. The van der Waals surface area contributed by atoms with Crippen LogP contribution in [0.25, 0.3) is 0 Å². The Bertz CT molecular complexity index is 337. The minimum Gasteiger partial charge on any atom is -0.322 e. The Morgan fingerprint density at radius 1 is 1.33 bits per heavy atom. The van der Waals surface area contributed by atoms with Crippen molar-refractivity contribution in [2.45, 2.75) is 11.4 Å². The first-order valence-corrected chi connectivity index (χ1v) is 4.18. The summed E-state index contributed by atoms with van der Waals surface area (Å²) in [5.41, 5.74) is 7.26. The highest BCUT2D eigenvalue weighted by atomic mass is 35.5. The van der Waals surface area contributed by atoms with E-state index >= 15 is 0 Å². The summed E-state index contributed by atoms with van der Waals surface area (Å²) in [7, 11) is 0. The predicted molar refractivity (Wildman–Crippen MR) is 47.3 cm³/mol. The van der Waals surface area contributed by atoms with Gasteiger partial charge in [-0.05, 0) is 5.56 Å². The topological polar surface area (TPSA) is 43.1 Å². The van der Waals surface area contributed by atoms with Crippen molar-refractivity contribution < 1.29 is 4.79 Å². The molecule has 0 radical (unpaired) electrons. The first kappa shape index (κ1) is 7.77. The van der Waals surface area contributed by atoms with Crippen LogP contribution in [0.5, 0.6) is 0 Å². The van der Waals surface area contributed by atoms with Crippen molar-refractivity contribution in [1.29, 1.82) is 0 Å². The fourth-order valence-electron chi connectivity index (χ4n) is 1.48. The lowest BCUT2D eigenvalue weighted by Gasteiger charge is -2.05. The second kappa shape index (κ2) is 2.57. The SMILES string of the molecule is N[C@H]1c2ccccc2C(=O)[C@@H]1Cl. The molecule has 2 nitrogen and oxygen atoms in total. The number of carbonyl (C=O) groups excluding carboxylic acids is 1. The Morgan fingerprint density at radius 3 is 2.67 bits per heavy atom. The largest absolute Gasteiger partial charge is 0.322 e. The van der Waals surface area contributed by atoms with Crippen molar-refractivity contribution in [1.82, 2.24) is 0 Å². The van der Waals surface area contributed by atoms with E-state index in [1.165, 1.54) is 0 Å². The lowest BCUT2D eigenvalue weighted by Crippen LogP contribution is -2.20.